The van der Waals surface area contributed by atoms with Crippen molar-refractivity contribution in [1.82, 2.24) is 10.6 Å². The quantitative estimate of drug-likeness (QED) is 0.0646. The Bertz CT molecular complexity index is 2840. The van der Waals surface area contributed by atoms with E-state index < -0.39 is 97.2 Å². The number of aliphatic hydroxyl groups is 6. The van der Waals surface area contributed by atoms with Crippen molar-refractivity contribution in [2.75, 3.05) is 19.8 Å². The van der Waals surface area contributed by atoms with Crippen LogP contribution in [0.4, 0.5) is 9.59 Å². The molecule has 14 atom stereocenters. The van der Waals surface area contributed by atoms with Gasteiger partial charge in [-0.2, -0.15) is 19.2 Å². The van der Waals surface area contributed by atoms with Gasteiger partial charge in [0.25, 0.3) is 0 Å². The highest BCUT2D eigenvalue weighted by Gasteiger charge is 2.42. The fourth-order valence-corrected chi connectivity index (χ4v) is 10.8. The van der Waals surface area contributed by atoms with Crippen molar-refractivity contribution in [3.8, 4) is 22.3 Å². The van der Waals surface area contributed by atoms with Crippen molar-refractivity contribution >= 4 is 59.6 Å². The Morgan fingerprint density at radius 3 is 1.12 bits per heavy atom. The number of amides is 2. The first kappa shape index (κ1) is 70.1. The fourth-order valence-electron chi connectivity index (χ4n) is 10.8. The summed E-state index contributed by atoms with van der Waals surface area (Å²) in [5.74, 6) is -0.505. The van der Waals surface area contributed by atoms with Gasteiger partial charge in [-0.1, -0.05) is 125 Å². The molecule has 3 fully saturated rings. The monoisotopic (exact) mass is 1190 g/mol. The molecule has 456 valence electrons. The van der Waals surface area contributed by atoms with Gasteiger partial charge in [0.05, 0.1) is 48.7 Å². The van der Waals surface area contributed by atoms with E-state index in [1.165, 1.54) is 0 Å². The topological polar surface area (TPSA) is 354 Å². The van der Waals surface area contributed by atoms with Gasteiger partial charge in [0.1, 0.15) is 55.1 Å². The van der Waals surface area contributed by atoms with Gasteiger partial charge < -0.3 is 70.7 Å². The smallest absolute Gasteiger partial charge is 0.407 e. The third-order valence-corrected chi connectivity index (χ3v) is 15.4. The molecule has 3 aliphatic heterocycles. The molecule has 0 spiro atoms. The lowest BCUT2D eigenvalue weighted by atomic mass is 9.87. The van der Waals surface area contributed by atoms with Crippen molar-refractivity contribution in [3.05, 3.63) is 119 Å². The lowest BCUT2D eigenvalue weighted by Crippen LogP contribution is -2.42. The summed E-state index contributed by atoms with van der Waals surface area (Å²) >= 11 is 0. The molecule has 25 heteroatoms. The van der Waals surface area contributed by atoms with Crippen LogP contribution in [0.15, 0.2) is 97.1 Å². The summed E-state index contributed by atoms with van der Waals surface area (Å²) in [6.07, 6.45) is -7.22. The molecular formula is C61H74B3N3O19. The standard InChI is InChI=1S/C29H36BNO6.C25H28BNO6.C5H10BNO3.2CO2/c1-29(2,3)15-14-22(23(32)12-13-24-25(33)26(34)27(30)37-24)31-28(35)36-16-21-19-10-6-4-8-17(19)18-9-5-7-11-20(18)21;1-2-19(20(28)11-12-21-22(29)23(30)24(26)33-21)27-25(31)32-13-18-16-9-5-3-7-14(16)15-8-4-6-10-17(15)18;6-5-4(9)3(8)2(1-7)10-5;2*2-1-3/h4-11,21-22,24-27,33-34H,12-16H2,1-3H3,(H,31,35);3-10,18-19,21-24,29-30H,2,11-13H2,1H3,(H,27,31);2-5,8-9H,1,7H2;;/t22-,24+,25?,26-,27+;19-,21+,22?,23-,24+;2-,3?,4+,5-;;/m001../s1. The SMILES string of the molecule is O=C=O.O=C=O.[B][C@@H]1O[C@H](CCC(=O)[C@H](CC)NC(=O)OCC2c3ccccc3-c3ccccc32)C(O)[C@@H]1O.[B][C@@H]1O[C@H](CCC(=O)[C@H](CCC(C)(C)C)NC(=O)OCC2c3ccccc3-c3ccccc32)C(O)[C@@H]1O.[B][C@@H]1O[C@H](CN)C(O)[C@@H]1O. The number of ether oxygens (including phenoxy) is 5. The second-order valence-electron chi connectivity index (χ2n) is 22.3. The van der Waals surface area contributed by atoms with E-state index in [0.29, 0.717) is 12.8 Å². The molecule has 22 nitrogen and oxygen atoms in total. The Labute approximate surface area is 503 Å². The molecule has 9 rings (SSSR count). The zero-order valence-corrected chi connectivity index (χ0v) is 48.3. The van der Waals surface area contributed by atoms with E-state index in [2.05, 4.69) is 67.8 Å². The number of carbonyl (C=O) groups is 4. The molecular weight excluding hydrogens is 1110 g/mol. The predicted octanol–water partition coefficient (Wildman–Crippen LogP) is 2.35. The van der Waals surface area contributed by atoms with E-state index in [-0.39, 0.29) is 86.6 Å². The molecule has 2 amide bonds. The second-order valence-corrected chi connectivity index (χ2v) is 22.3. The van der Waals surface area contributed by atoms with Crippen LogP contribution < -0.4 is 16.4 Å². The second kappa shape index (κ2) is 33.4. The zero-order chi connectivity index (χ0) is 63.4. The minimum Gasteiger partial charge on any atom is -0.449 e. The summed E-state index contributed by atoms with van der Waals surface area (Å²) in [5.41, 5.74) is 14.2. The Morgan fingerprint density at radius 2 is 0.837 bits per heavy atom. The summed E-state index contributed by atoms with van der Waals surface area (Å²) in [6.45, 7) is 8.53. The van der Waals surface area contributed by atoms with Crippen LogP contribution in [0, 0.1) is 5.41 Å². The Morgan fingerprint density at radius 1 is 0.535 bits per heavy atom. The van der Waals surface area contributed by atoms with Crippen LogP contribution in [0.2, 0.25) is 0 Å². The van der Waals surface area contributed by atoms with E-state index >= 15 is 0 Å². The number of benzene rings is 4. The highest BCUT2D eigenvalue weighted by Crippen LogP contribution is 2.46. The third-order valence-electron chi connectivity index (χ3n) is 15.4. The van der Waals surface area contributed by atoms with Gasteiger partial charge >= 0.3 is 24.5 Å². The lowest BCUT2D eigenvalue weighted by molar-refractivity contribution is -0.193. The first-order chi connectivity index (χ1) is 40.9. The molecule has 3 saturated heterocycles. The van der Waals surface area contributed by atoms with Gasteiger partial charge in [0, 0.05) is 49.2 Å². The van der Waals surface area contributed by atoms with E-state index in [4.69, 9.17) is 82.3 Å². The van der Waals surface area contributed by atoms with Crippen LogP contribution in [0.5, 0.6) is 0 Å². The van der Waals surface area contributed by atoms with Crippen LogP contribution in [0.1, 0.15) is 107 Å². The van der Waals surface area contributed by atoms with Gasteiger partial charge in [0.2, 0.25) is 0 Å². The number of hydrogen-bond donors (Lipinski definition) is 9. The van der Waals surface area contributed by atoms with Crippen molar-refractivity contribution in [2.24, 2.45) is 11.1 Å². The minimum absolute atomic E-state index is 0.0248. The molecule has 0 aromatic heterocycles. The predicted molar refractivity (Wildman–Crippen MR) is 310 cm³/mol. The van der Waals surface area contributed by atoms with E-state index in [1.54, 1.807) is 6.92 Å². The average molecular weight is 1190 g/mol. The maximum Gasteiger partial charge on any atom is 0.407 e. The fraction of sp³-hybridized carbons (Fsp3) is 0.508. The highest BCUT2D eigenvalue weighted by molar-refractivity contribution is 6.12. The number of nitrogens with two attached hydrogens (primary N) is 1. The molecule has 4 aromatic carbocycles. The number of fused-ring (bicyclic) bond motifs is 6. The number of ketones is 2. The van der Waals surface area contributed by atoms with Gasteiger partial charge in [-0.3, -0.25) is 9.59 Å². The summed E-state index contributed by atoms with van der Waals surface area (Å²) in [7, 11) is 16.5. The van der Waals surface area contributed by atoms with Crippen molar-refractivity contribution in [2.45, 2.75) is 170 Å². The molecule has 2 aliphatic carbocycles. The van der Waals surface area contributed by atoms with Crippen LogP contribution in [0.25, 0.3) is 22.3 Å². The van der Waals surface area contributed by atoms with Crippen LogP contribution in [0.3, 0.4) is 0 Å². The number of Topliss-reactive ketones (excluding diaryl/α,β-unsaturated/α-hetero) is 2. The Balaban J connectivity index is 0.000000251. The number of alkyl carbamates (subject to hydrolysis) is 2. The van der Waals surface area contributed by atoms with Crippen molar-refractivity contribution in [1.29, 1.82) is 0 Å². The normalized spacial score (nSPS) is 25.5. The Kier molecular flexibility index (Phi) is 27.3. The molecule has 6 radical (unpaired) electrons. The van der Waals surface area contributed by atoms with Gasteiger partial charge in [-0.25, -0.2) is 9.59 Å². The largest absolute Gasteiger partial charge is 0.449 e. The first-order valence-electron chi connectivity index (χ1n) is 28.2. The molecule has 0 bridgehead atoms. The van der Waals surface area contributed by atoms with E-state index in [1.807, 2.05) is 60.7 Å². The van der Waals surface area contributed by atoms with E-state index in [9.17, 15) is 39.6 Å². The molecule has 10 N–H and O–H groups in total. The number of nitrogens with one attached hydrogen (secondary N) is 2. The highest BCUT2D eigenvalue weighted by atomic mass is 16.6. The third kappa shape index (κ3) is 18.7. The maximum atomic E-state index is 13.1. The molecule has 3 unspecified atom stereocenters. The summed E-state index contributed by atoms with van der Waals surface area (Å²) in [5, 5.41) is 63.1. The van der Waals surface area contributed by atoms with Gasteiger partial charge in [-0.05, 0) is 82.0 Å². The number of rotatable bonds is 18. The number of carbonyl (C=O) groups excluding carboxylic acids is 8. The van der Waals surface area contributed by atoms with E-state index in [0.717, 1.165) is 50.9 Å². The summed E-state index contributed by atoms with van der Waals surface area (Å²) < 4.78 is 26.8. The zero-order valence-electron chi connectivity index (χ0n) is 48.3. The van der Waals surface area contributed by atoms with Crippen molar-refractivity contribution in [3.63, 3.8) is 0 Å². The van der Waals surface area contributed by atoms with Crippen LogP contribution in [-0.4, -0.2) is 195 Å². The van der Waals surface area contributed by atoms with Gasteiger partial charge in [-0.15, -0.1) is 0 Å². The Hall–Kier alpha value is -6.69. The maximum absolute atomic E-state index is 13.1. The lowest BCUT2D eigenvalue weighted by Gasteiger charge is -2.24. The average Bonchev–Trinajstić information content (AvgIpc) is 1.84. The molecule has 86 heavy (non-hydrogen) atoms. The molecule has 4 aromatic rings. The first-order valence-corrected chi connectivity index (χ1v) is 28.2. The molecule has 0 saturated carbocycles. The van der Waals surface area contributed by atoms with Gasteiger partial charge in [0.15, 0.2) is 11.6 Å². The van der Waals surface area contributed by atoms with Crippen LogP contribution >= 0.6 is 0 Å². The van der Waals surface area contributed by atoms with Crippen LogP contribution in [-0.2, 0) is 52.5 Å². The molecule has 3 heterocycles. The number of hydrogen-bond acceptors (Lipinski definition) is 20. The minimum atomic E-state index is -1.18. The molecule has 5 aliphatic rings. The summed E-state index contributed by atoms with van der Waals surface area (Å²) in [4.78, 5) is 83.6. The number of aliphatic hydroxyl groups excluding tert-OH is 6. The summed E-state index contributed by atoms with van der Waals surface area (Å²) in [6, 6.07) is 28.2. The van der Waals surface area contributed by atoms with Crippen molar-refractivity contribution < 1.29 is 92.7 Å².